The molecule has 0 aliphatic rings. The van der Waals surface area contributed by atoms with E-state index in [1.54, 1.807) is 0 Å². The van der Waals surface area contributed by atoms with Crippen molar-refractivity contribution in [2.75, 3.05) is 13.2 Å². The Morgan fingerprint density at radius 3 is 2.54 bits per heavy atom. The van der Waals surface area contributed by atoms with Gasteiger partial charge in [-0.25, -0.2) is 0 Å². The maximum Gasteiger partial charge on any atom is 0.220 e. The fraction of sp³-hybridized carbons (Fsp3) is 0.591. The number of hydrogen-bond donors (Lipinski definition) is 3. The van der Waals surface area contributed by atoms with Crippen molar-refractivity contribution < 1.29 is 15.0 Å². The summed E-state index contributed by atoms with van der Waals surface area (Å²) < 4.78 is 0. The zero-order valence-corrected chi connectivity index (χ0v) is 16.3. The zero-order chi connectivity index (χ0) is 19.3. The summed E-state index contributed by atoms with van der Waals surface area (Å²) >= 11 is 0. The number of unbranched alkanes of at least 4 members (excludes halogenated alkanes) is 4. The van der Waals surface area contributed by atoms with Crippen LogP contribution < -0.4 is 5.32 Å². The van der Waals surface area contributed by atoms with Crippen LogP contribution in [0.2, 0.25) is 0 Å². The maximum atomic E-state index is 11.3. The van der Waals surface area contributed by atoms with Gasteiger partial charge in [-0.1, -0.05) is 68.4 Å². The Morgan fingerprint density at radius 1 is 1.00 bits per heavy atom. The molecule has 0 radical (unpaired) electrons. The Hall–Kier alpha value is -1.65. The van der Waals surface area contributed by atoms with E-state index in [2.05, 4.69) is 30.5 Å². The van der Waals surface area contributed by atoms with Crippen molar-refractivity contribution in [2.24, 2.45) is 0 Å². The summed E-state index contributed by atoms with van der Waals surface area (Å²) in [7, 11) is 0. The minimum Gasteiger partial charge on any atom is -0.395 e. The highest BCUT2D eigenvalue weighted by atomic mass is 16.3. The van der Waals surface area contributed by atoms with Crippen LogP contribution in [0.1, 0.15) is 64.7 Å². The topological polar surface area (TPSA) is 69.6 Å². The third kappa shape index (κ3) is 18.7. The summed E-state index contributed by atoms with van der Waals surface area (Å²) in [4.78, 5) is 11.3. The third-order valence-electron chi connectivity index (χ3n) is 3.75. The van der Waals surface area contributed by atoms with Crippen LogP contribution in [0.4, 0.5) is 0 Å². The van der Waals surface area contributed by atoms with Crippen molar-refractivity contribution in [1.29, 1.82) is 0 Å². The molecule has 0 aromatic carbocycles. The van der Waals surface area contributed by atoms with Crippen molar-refractivity contribution in [3.8, 4) is 0 Å². The molecule has 26 heavy (non-hydrogen) atoms. The second-order valence-corrected chi connectivity index (χ2v) is 6.26. The molecule has 0 bridgehead atoms. The molecule has 0 saturated heterocycles. The van der Waals surface area contributed by atoms with Crippen molar-refractivity contribution >= 4 is 5.91 Å². The van der Waals surface area contributed by atoms with Crippen molar-refractivity contribution in [1.82, 2.24) is 5.32 Å². The van der Waals surface area contributed by atoms with Crippen LogP contribution in [0.15, 0.2) is 48.6 Å². The number of allylic oxidation sites excluding steroid dienone is 6. The second kappa shape index (κ2) is 19.7. The molecular formula is C22H37NO3. The van der Waals surface area contributed by atoms with Gasteiger partial charge in [-0.3, -0.25) is 4.79 Å². The average molecular weight is 364 g/mol. The van der Waals surface area contributed by atoms with E-state index in [0.29, 0.717) is 19.4 Å². The zero-order valence-electron chi connectivity index (χ0n) is 16.3. The minimum absolute atomic E-state index is 0.00908. The predicted molar refractivity (Wildman–Crippen MR) is 110 cm³/mol. The monoisotopic (exact) mass is 363 g/mol. The lowest BCUT2D eigenvalue weighted by Gasteiger charge is -2.01. The van der Waals surface area contributed by atoms with Crippen molar-refractivity contribution in [3.63, 3.8) is 0 Å². The number of carbonyl (C=O) groups is 1. The molecule has 3 N–H and O–H groups in total. The number of amides is 1. The van der Waals surface area contributed by atoms with Gasteiger partial charge in [-0.2, -0.15) is 0 Å². The molecule has 0 fully saturated rings. The fourth-order valence-corrected chi connectivity index (χ4v) is 2.25. The Morgan fingerprint density at radius 2 is 1.77 bits per heavy atom. The molecule has 0 aromatic rings. The standard InChI is InChI=1S/C22H37NO3/c1-2-3-4-5-7-10-13-16-21(25)17-14-11-8-6-9-12-15-18-22(26)23-19-20-24/h6-7,9-11,13-14,16,21,24-25H,2-5,8,12,15,17-20H2,1H3,(H,23,26)/b9-6-,10-7-,14-11-,16-13+. The van der Waals surface area contributed by atoms with Crippen molar-refractivity contribution in [3.05, 3.63) is 48.6 Å². The van der Waals surface area contributed by atoms with Gasteiger partial charge in [0.25, 0.3) is 0 Å². The Labute approximate surface area is 159 Å². The first-order valence-electron chi connectivity index (χ1n) is 9.89. The average Bonchev–Trinajstić information content (AvgIpc) is 2.64. The van der Waals surface area contributed by atoms with Gasteiger partial charge in [0, 0.05) is 13.0 Å². The number of aliphatic hydroxyl groups excluding tert-OH is 2. The molecule has 0 aliphatic carbocycles. The SMILES string of the molecule is CCCCC/C=C\C=C\C(O)C/C=C\C/C=C\CCCC(=O)NCCO. The Balaban J connectivity index is 3.62. The lowest BCUT2D eigenvalue weighted by atomic mass is 10.2. The van der Waals surface area contributed by atoms with Gasteiger partial charge in [0.2, 0.25) is 5.91 Å². The van der Waals surface area contributed by atoms with Crippen LogP contribution in [0.3, 0.4) is 0 Å². The van der Waals surface area contributed by atoms with E-state index in [1.807, 2.05) is 30.4 Å². The number of carbonyl (C=O) groups excluding carboxylic acids is 1. The van der Waals surface area contributed by atoms with E-state index in [4.69, 9.17) is 5.11 Å². The first-order valence-corrected chi connectivity index (χ1v) is 9.89. The highest BCUT2D eigenvalue weighted by Crippen LogP contribution is 2.02. The molecule has 1 atom stereocenters. The summed E-state index contributed by atoms with van der Waals surface area (Å²) in [6.07, 6.45) is 24.1. The van der Waals surface area contributed by atoms with Gasteiger partial charge in [-0.05, 0) is 38.5 Å². The van der Waals surface area contributed by atoms with Crippen LogP contribution in [-0.4, -0.2) is 35.4 Å². The third-order valence-corrected chi connectivity index (χ3v) is 3.75. The van der Waals surface area contributed by atoms with Crippen LogP contribution >= 0.6 is 0 Å². The number of aliphatic hydroxyl groups is 2. The van der Waals surface area contributed by atoms with Crippen LogP contribution in [0, 0.1) is 0 Å². The van der Waals surface area contributed by atoms with Crippen LogP contribution in [-0.2, 0) is 4.79 Å². The van der Waals surface area contributed by atoms with E-state index in [1.165, 1.54) is 19.3 Å². The highest BCUT2D eigenvalue weighted by molar-refractivity contribution is 5.75. The maximum absolute atomic E-state index is 11.3. The van der Waals surface area contributed by atoms with E-state index in [9.17, 15) is 9.90 Å². The smallest absolute Gasteiger partial charge is 0.220 e. The number of hydrogen-bond acceptors (Lipinski definition) is 3. The molecule has 148 valence electrons. The molecule has 1 amide bonds. The molecule has 0 rings (SSSR count). The van der Waals surface area contributed by atoms with Crippen LogP contribution in [0.25, 0.3) is 0 Å². The minimum atomic E-state index is -0.437. The van der Waals surface area contributed by atoms with Gasteiger partial charge >= 0.3 is 0 Å². The summed E-state index contributed by atoms with van der Waals surface area (Å²) in [6.45, 7) is 2.51. The number of nitrogens with one attached hydrogen (secondary N) is 1. The molecule has 4 heteroatoms. The molecule has 0 aromatic heterocycles. The second-order valence-electron chi connectivity index (χ2n) is 6.26. The van der Waals surface area contributed by atoms with E-state index < -0.39 is 6.10 Å². The fourth-order valence-electron chi connectivity index (χ4n) is 2.25. The summed E-state index contributed by atoms with van der Waals surface area (Å²) in [6, 6.07) is 0. The van der Waals surface area contributed by atoms with Crippen LogP contribution in [0.5, 0.6) is 0 Å². The molecule has 0 saturated carbocycles. The summed E-state index contributed by atoms with van der Waals surface area (Å²) in [5.41, 5.74) is 0. The van der Waals surface area contributed by atoms with Gasteiger partial charge in [-0.15, -0.1) is 0 Å². The van der Waals surface area contributed by atoms with E-state index in [-0.39, 0.29) is 12.5 Å². The molecular weight excluding hydrogens is 326 g/mol. The lowest BCUT2D eigenvalue weighted by Crippen LogP contribution is -2.25. The Kier molecular flexibility index (Phi) is 18.4. The van der Waals surface area contributed by atoms with Gasteiger partial charge in [0.1, 0.15) is 0 Å². The molecule has 0 spiro atoms. The van der Waals surface area contributed by atoms with E-state index >= 15 is 0 Å². The largest absolute Gasteiger partial charge is 0.395 e. The first kappa shape index (κ1) is 24.4. The quantitative estimate of drug-likeness (QED) is 0.218. The van der Waals surface area contributed by atoms with Gasteiger partial charge in [0.05, 0.1) is 12.7 Å². The van der Waals surface area contributed by atoms with E-state index in [0.717, 1.165) is 25.7 Å². The lowest BCUT2D eigenvalue weighted by molar-refractivity contribution is -0.121. The normalized spacial score (nSPS) is 13.5. The summed E-state index contributed by atoms with van der Waals surface area (Å²) in [5.74, 6) is -0.00908. The molecule has 0 heterocycles. The molecule has 1 unspecified atom stereocenters. The highest BCUT2D eigenvalue weighted by Gasteiger charge is 1.97. The summed E-state index contributed by atoms with van der Waals surface area (Å²) in [5, 5.41) is 21.1. The predicted octanol–water partition coefficient (Wildman–Crippen LogP) is 4.21. The molecule has 0 aliphatic heterocycles. The first-order chi connectivity index (χ1) is 12.7. The van der Waals surface area contributed by atoms with Gasteiger partial charge < -0.3 is 15.5 Å². The van der Waals surface area contributed by atoms with Crippen molar-refractivity contribution in [2.45, 2.75) is 70.8 Å². The van der Waals surface area contributed by atoms with Gasteiger partial charge in [0.15, 0.2) is 0 Å². The molecule has 4 nitrogen and oxygen atoms in total. The number of rotatable bonds is 16. The Bertz CT molecular complexity index is 439.